The first-order valence-electron chi connectivity index (χ1n) is 15.2. The molecular weight excluding hydrogens is 497 g/mol. The first-order valence-corrected chi connectivity index (χ1v) is 17.3. The third kappa shape index (κ3) is 5.11. The van der Waals surface area contributed by atoms with Gasteiger partial charge < -0.3 is 0 Å². The highest BCUT2D eigenvalue weighted by Gasteiger charge is 2.53. The second kappa shape index (κ2) is 12.7. The number of allylic oxidation sites excluding steroid dienone is 8. The minimum Gasteiger partial charge on any atom is -0.0624 e. The minimum atomic E-state index is -2.53. The van der Waals surface area contributed by atoms with Gasteiger partial charge in [-0.15, -0.1) is 0 Å². The van der Waals surface area contributed by atoms with E-state index in [4.69, 9.17) is 0 Å². The van der Waals surface area contributed by atoms with Crippen LogP contribution >= 0.6 is 0 Å². The van der Waals surface area contributed by atoms with Gasteiger partial charge in [-0.25, -0.2) is 0 Å². The molecule has 1 fully saturated rings. The molecule has 0 N–H and O–H groups in total. The van der Waals surface area contributed by atoms with Crippen LogP contribution in [0.5, 0.6) is 0 Å². The van der Waals surface area contributed by atoms with Gasteiger partial charge in [0.1, 0.15) is 0 Å². The lowest BCUT2D eigenvalue weighted by Crippen LogP contribution is -2.64. The highest BCUT2D eigenvalue weighted by Crippen LogP contribution is 2.53. The molecule has 1 heterocycles. The van der Waals surface area contributed by atoms with Crippen LogP contribution in [0.4, 0.5) is 0 Å². The molecule has 6 rings (SSSR count). The summed E-state index contributed by atoms with van der Waals surface area (Å²) in [6.07, 6.45) is 23.0. The van der Waals surface area contributed by atoms with E-state index in [0.29, 0.717) is 11.5 Å². The van der Waals surface area contributed by atoms with E-state index >= 15 is 0 Å². The van der Waals surface area contributed by atoms with E-state index < -0.39 is 8.07 Å². The van der Waals surface area contributed by atoms with Gasteiger partial charge in [-0.3, -0.25) is 0 Å². The lowest BCUT2D eigenvalue weighted by atomic mass is 9.85. The molecule has 3 aromatic carbocycles. The first-order chi connectivity index (χ1) is 19.9. The second-order valence-corrected chi connectivity index (χ2v) is 15.4. The summed E-state index contributed by atoms with van der Waals surface area (Å²) in [5.41, 5.74) is 4.89. The Labute approximate surface area is 241 Å². The minimum absolute atomic E-state index is 0.501. The predicted octanol–water partition coefficient (Wildman–Crippen LogP) is 9.26. The van der Waals surface area contributed by atoms with E-state index in [-0.39, 0.29) is 0 Å². The molecule has 0 aromatic heterocycles. The summed E-state index contributed by atoms with van der Waals surface area (Å²) in [5, 5.41) is 4.64. The Bertz CT molecular complexity index is 1430. The van der Waals surface area contributed by atoms with Crippen LogP contribution in [-0.2, 0) is 0 Å². The van der Waals surface area contributed by atoms with Crippen molar-refractivity contribution in [3.63, 3.8) is 0 Å². The molecule has 3 aliphatic rings. The predicted molar refractivity (Wildman–Crippen MR) is 175 cm³/mol. The Morgan fingerprint density at radius 1 is 0.475 bits per heavy atom. The van der Waals surface area contributed by atoms with Crippen LogP contribution in [0.3, 0.4) is 0 Å². The molecule has 2 aliphatic carbocycles. The van der Waals surface area contributed by atoms with Crippen molar-refractivity contribution in [2.75, 3.05) is 0 Å². The van der Waals surface area contributed by atoms with Gasteiger partial charge in [0.15, 0.2) is 8.07 Å². The van der Waals surface area contributed by atoms with Crippen molar-refractivity contribution in [3.8, 4) is 0 Å². The molecule has 2 atom stereocenters. The molecule has 200 valence electrons. The smallest absolute Gasteiger partial charge is 0.0624 e. The zero-order valence-corrected chi connectivity index (χ0v) is 24.5. The van der Waals surface area contributed by atoms with Gasteiger partial charge in [-0.05, 0) is 50.1 Å². The van der Waals surface area contributed by atoms with Gasteiger partial charge in [0, 0.05) is 0 Å². The van der Waals surface area contributed by atoms with Crippen LogP contribution in [-0.4, -0.2) is 8.07 Å². The molecule has 3 aromatic rings. The largest absolute Gasteiger partial charge is 0.152 e. The molecule has 0 saturated heterocycles. The number of rotatable bonds is 2. The van der Waals surface area contributed by atoms with Crippen LogP contribution in [0, 0.1) is 0 Å². The van der Waals surface area contributed by atoms with Crippen molar-refractivity contribution in [2.45, 2.75) is 56.4 Å². The highest BCUT2D eigenvalue weighted by molar-refractivity contribution is 7.10. The normalized spacial score (nSPS) is 25.8. The van der Waals surface area contributed by atoms with Gasteiger partial charge in [0.25, 0.3) is 0 Å². The molecule has 40 heavy (non-hydrogen) atoms. The molecular formula is C39H40Si. The number of fused-ring (bicyclic) bond motifs is 5. The SMILES string of the molecule is C1=C\C=C2/C(=C\C=C/1)[Si](c1ccccc1)(c1ccccc1)C1CCCCCCCC1c1ccccccccc12. The topological polar surface area (TPSA) is 0 Å². The molecule has 2 unspecified atom stereocenters. The summed E-state index contributed by atoms with van der Waals surface area (Å²) in [6, 6.07) is 41.3. The summed E-state index contributed by atoms with van der Waals surface area (Å²) >= 11 is 0. The zero-order valence-electron chi connectivity index (χ0n) is 23.5. The third-order valence-electron chi connectivity index (χ3n) is 9.20. The van der Waals surface area contributed by atoms with Crippen molar-refractivity contribution < 1.29 is 0 Å². The molecule has 0 radical (unpaired) electrons. The Morgan fingerprint density at radius 3 is 1.70 bits per heavy atom. The molecule has 1 heteroatoms. The summed E-state index contributed by atoms with van der Waals surface area (Å²) in [6.45, 7) is 0. The second-order valence-electron chi connectivity index (χ2n) is 11.4. The maximum absolute atomic E-state index is 2.53. The van der Waals surface area contributed by atoms with Gasteiger partial charge in [0.05, 0.1) is 0 Å². The molecule has 0 amide bonds. The van der Waals surface area contributed by atoms with Crippen molar-refractivity contribution in [1.82, 2.24) is 0 Å². The number of hydrogen-bond donors (Lipinski definition) is 0. The Kier molecular flexibility index (Phi) is 8.40. The van der Waals surface area contributed by atoms with Gasteiger partial charge >= 0.3 is 0 Å². The first kappa shape index (κ1) is 26.5. The number of benzene rings is 2. The fraction of sp³-hybridized carbons (Fsp3) is 0.231. The maximum atomic E-state index is 2.49. The van der Waals surface area contributed by atoms with Crippen LogP contribution in [0.15, 0.2) is 151 Å². The molecule has 1 aliphatic heterocycles. The van der Waals surface area contributed by atoms with E-state index in [1.807, 2.05) is 0 Å². The van der Waals surface area contributed by atoms with E-state index in [2.05, 4.69) is 146 Å². The standard InChI is InChI=1S/C39H40Si/c1-2-5-17-27-35-34(26-16-4-1)36-28-18-6-3-7-20-30-38(36)40(32-22-12-10-13-23-32,33-24-14-11-15-25-33)39-31-21-9-8-19-29-37(35)39/h1-2,4-5,8-17,19,21-27,29,31,36,38H,3,6-7,18,20,28,30H2/b2-1?,4-1?,5-2?,9-8?,16-4?,17-5?,19-8-,21-9-,26-16?,27-17?,29-19?,31-21?,34-26?,35-27?,37-29-,39-31+. The van der Waals surface area contributed by atoms with Crippen LogP contribution in [0.25, 0.3) is 5.57 Å². The van der Waals surface area contributed by atoms with E-state index in [1.54, 1.807) is 15.6 Å². The molecule has 0 nitrogen and oxygen atoms in total. The Morgan fingerprint density at radius 2 is 1.00 bits per heavy atom. The molecule has 0 bridgehead atoms. The lowest BCUT2D eigenvalue weighted by Gasteiger charge is -2.44. The van der Waals surface area contributed by atoms with Crippen LogP contribution in [0.1, 0.15) is 62.0 Å². The summed E-state index contributed by atoms with van der Waals surface area (Å²) in [5.74, 6) is 0.501. The van der Waals surface area contributed by atoms with Crippen LogP contribution < -0.4 is 10.4 Å². The monoisotopic (exact) mass is 536 g/mol. The van der Waals surface area contributed by atoms with Crippen molar-refractivity contribution in [2.24, 2.45) is 0 Å². The van der Waals surface area contributed by atoms with Gasteiger partial charge in [-0.1, -0.05) is 184 Å². The highest BCUT2D eigenvalue weighted by atomic mass is 28.3. The lowest BCUT2D eigenvalue weighted by molar-refractivity contribution is 0.531. The summed E-state index contributed by atoms with van der Waals surface area (Å²) < 4.78 is 0. The average Bonchev–Trinajstić information content (AvgIpc) is 3.05. The third-order valence-corrected chi connectivity index (χ3v) is 14.8. The Hall–Kier alpha value is -3.68. The van der Waals surface area contributed by atoms with E-state index in [1.165, 1.54) is 61.6 Å². The van der Waals surface area contributed by atoms with Crippen molar-refractivity contribution in [1.29, 1.82) is 0 Å². The average molecular weight is 537 g/mol. The molecule has 0 spiro atoms. The van der Waals surface area contributed by atoms with Crippen molar-refractivity contribution >= 4 is 24.0 Å². The molecule has 1 saturated carbocycles. The van der Waals surface area contributed by atoms with Crippen LogP contribution in [0.2, 0.25) is 5.54 Å². The zero-order chi connectivity index (χ0) is 27.0. The number of hydrogen-bond acceptors (Lipinski definition) is 0. The Balaban J connectivity index is 1.79. The fourth-order valence-corrected chi connectivity index (χ4v) is 13.8. The quantitative estimate of drug-likeness (QED) is 0.286. The van der Waals surface area contributed by atoms with Crippen molar-refractivity contribution in [3.05, 3.63) is 162 Å². The van der Waals surface area contributed by atoms with Gasteiger partial charge in [0.2, 0.25) is 0 Å². The summed E-state index contributed by atoms with van der Waals surface area (Å²) in [4.78, 5) is 0. The van der Waals surface area contributed by atoms with E-state index in [9.17, 15) is 0 Å². The fourth-order valence-electron chi connectivity index (χ4n) is 7.57. The maximum Gasteiger partial charge on any atom is 0.152 e. The summed E-state index contributed by atoms with van der Waals surface area (Å²) in [7, 11) is -2.53. The van der Waals surface area contributed by atoms with Gasteiger partial charge in [-0.2, -0.15) is 0 Å². The van der Waals surface area contributed by atoms with E-state index in [0.717, 1.165) is 0 Å².